The molecule has 0 radical (unpaired) electrons. The zero-order chi connectivity index (χ0) is 24.0. The highest BCUT2D eigenvalue weighted by atomic mass is 32.2. The molecule has 0 saturated heterocycles. The van der Waals surface area contributed by atoms with Gasteiger partial charge >= 0.3 is 0 Å². The fourth-order valence-electron chi connectivity index (χ4n) is 3.54. The predicted molar refractivity (Wildman–Crippen MR) is 126 cm³/mol. The molecule has 174 valence electrons. The maximum Gasteiger partial charge on any atom is 0.228 e. The molecule has 2 aromatic carbocycles. The van der Waals surface area contributed by atoms with Crippen molar-refractivity contribution in [1.82, 2.24) is 14.5 Å². The first kappa shape index (κ1) is 24.4. The van der Waals surface area contributed by atoms with Gasteiger partial charge in [-0.3, -0.25) is 4.79 Å². The van der Waals surface area contributed by atoms with Gasteiger partial charge in [0.25, 0.3) is 0 Å². The van der Waals surface area contributed by atoms with Gasteiger partial charge in [0.05, 0.1) is 30.7 Å². The van der Waals surface area contributed by atoms with Crippen LogP contribution in [-0.2, 0) is 33.5 Å². The Balaban J connectivity index is 2.03. The second kappa shape index (κ2) is 10.6. The summed E-state index contributed by atoms with van der Waals surface area (Å²) in [7, 11) is -3.96. The number of aromatic nitrogens is 2. The minimum Gasteiger partial charge on any atom is -0.333 e. The number of carbonyl (C=O) groups excluding carboxylic acids is 1. The molecule has 1 heterocycles. The highest BCUT2D eigenvalue weighted by molar-refractivity contribution is 7.90. The summed E-state index contributed by atoms with van der Waals surface area (Å²) in [5.74, 6) is -1.38. The maximum absolute atomic E-state index is 14.2. The predicted octanol–water partition coefficient (Wildman–Crippen LogP) is 4.22. The number of amides is 1. The molecule has 0 N–H and O–H groups in total. The summed E-state index contributed by atoms with van der Waals surface area (Å²) in [4.78, 5) is 18.5. The third kappa shape index (κ3) is 5.96. The largest absolute Gasteiger partial charge is 0.333 e. The van der Waals surface area contributed by atoms with E-state index in [1.54, 1.807) is 21.6 Å². The molecule has 1 aromatic heterocycles. The van der Waals surface area contributed by atoms with Crippen LogP contribution in [0.1, 0.15) is 30.7 Å². The van der Waals surface area contributed by atoms with Crippen LogP contribution in [0.4, 0.5) is 4.39 Å². The number of hydrogen-bond acceptors (Lipinski definition) is 4. The minimum atomic E-state index is -3.96. The van der Waals surface area contributed by atoms with Crippen molar-refractivity contribution in [1.29, 1.82) is 0 Å². The third-order valence-corrected chi connectivity index (χ3v) is 6.75. The number of benzene rings is 2. The lowest BCUT2D eigenvalue weighted by Crippen LogP contribution is -2.34. The van der Waals surface area contributed by atoms with Gasteiger partial charge in [0.1, 0.15) is 5.82 Å². The van der Waals surface area contributed by atoms with Gasteiger partial charge in [0.2, 0.25) is 20.9 Å². The summed E-state index contributed by atoms with van der Waals surface area (Å²) >= 11 is 0. The Hall–Kier alpha value is -3.26. The molecular formula is C25H28FN3O3S. The van der Waals surface area contributed by atoms with E-state index in [1.165, 1.54) is 24.4 Å². The van der Waals surface area contributed by atoms with Crippen LogP contribution < -0.4 is 0 Å². The Kier molecular flexibility index (Phi) is 7.81. The van der Waals surface area contributed by atoms with Crippen molar-refractivity contribution < 1.29 is 17.6 Å². The first-order chi connectivity index (χ1) is 15.7. The summed E-state index contributed by atoms with van der Waals surface area (Å²) < 4.78 is 42.3. The molecule has 33 heavy (non-hydrogen) atoms. The fourth-order valence-corrected chi connectivity index (χ4v) is 5.04. The molecule has 0 saturated carbocycles. The normalized spacial score (nSPS) is 11.5. The minimum absolute atomic E-state index is 0.0712. The van der Waals surface area contributed by atoms with E-state index in [4.69, 9.17) is 0 Å². The van der Waals surface area contributed by atoms with Gasteiger partial charge in [-0.15, -0.1) is 6.58 Å². The van der Waals surface area contributed by atoms with Crippen LogP contribution in [0, 0.1) is 11.7 Å². The quantitative estimate of drug-likeness (QED) is 0.417. The molecular weight excluding hydrogens is 441 g/mol. The van der Waals surface area contributed by atoms with E-state index < -0.39 is 21.4 Å². The van der Waals surface area contributed by atoms with Gasteiger partial charge in [0, 0.05) is 18.0 Å². The molecule has 0 unspecified atom stereocenters. The van der Waals surface area contributed by atoms with E-state index in [1.807, 2.05) is 44.2 Å². The lowest BCUT2D eigenvalue weighted by atomic mass is 10.2. The summed E-state index contributed by atoms with van der Waals surface area (Å²) in [6.45, 7) is 8.10. The number of halogens is 1. The van der Waals surface area contributed by atoms with Crippen LogP contribution in [0.15, 0.2) is 78.6 Å². The van der Waals surface area contributed by atoms with Crippen LogP contribution in [0.25, 0.3) is 0 Å². The average Bonchev–Trinajstić information content (AvgIpc) is 3.18. The maximum atomic E-state index is 14.2. The van der Waals surface area contributed by atoms with Crippen molar-refractivity contribution >= 4 is 15.7 Å². The first-order valence-corrected chi connectivity index (χ1v) is 12.3. The third-order valence-electron chi connectivity index (χ3n) is 5.17. The Morgan fingerprint density at radius 2 is 1.82 bits per heavy atom. The smallest absolute Gasteiger partial charge is 0.228 e. The Labute approximate surface area is 194 Å². The van der Waals surface area contributed by atoms with Crippen molar-refractivity contribution in [2.75, 3.05) is 6.54 Å². The van der Waals surface area contributed by atoms with Gasteiger partial charge in [-0.1, -0.05) is 68.5 Å². The SMILES string of the molecule is C=CCN(Cc1cnc(S(=O)(=O)Cc2ccccc2F)n1Cc1ccccc1)C(=O)C(C)C. The zero-order valence-electron chi connectivity index (χ0n) is 18.8. The summed E-state index contributed by atoms with van der Waals surface area (Å²) in [6.07, 6.45) is 3.11. The second-order valence-electron chi connectivity index (χ2n) is 8.12. The highest BCUT2D eigenvalue weighted by Gasteiger charge is 2.27. The number of rotatable bonds is 10. The standard InChI is InChI=1S/C25H28FN3O3S/c1-4-14-28(24(30)19(2)3)17-22-15-27-25(29(22)16-20-10-6-5-7-11-20)33(31,32)18-21-12-8-9-13-23(21)26/h4-13,15,19H,1,14,16-18H2,2-3H3. The molecule has 0 atom stereocenters. The Morgan fingerprint density at radius 3 is 2.45 bits per heavy atom. The van der Waals surface area contributed by atoms with E-state index in [2.05, 4.69) is 11.6 Å². The molecule has 0 aliphatic rings. The molecule has 0 fully saturated rings. The molecule has 1 amide bonds. The molecule has 6 nitrogen and oxygen atoms in total. The first-order valence-electron chi connectivity index (χ1n) is 10.7. The summed E-state index contributed by atoms with van der Waals surface area (Å²) in [5, 5.41) is -0.153. The number of sulfone groups is 1. The van der Waals surface area contributed by atoms with Crippen LogP contribution in [0.5, 0.6) is 0 Å². The van der Waals surface area contributed by atoms with Gasteiger partial charge in [-0.25, -0.2) is 17.8 Å². The van der Waals surface area contributed by atoms with Gasteiger partial charge < -0.3 is 9.47 Å². The van der Waals surface area contributed by atoms with Gasteiger partial charge in [-0.2, -0.15) is 0 Å². The van der Waals surface area contributed by atoms with Crippen LogP contribution in [0.2, 0.25) is 0 Å². The topological polar surface area (TPSA) is 72.3 Å². The number of hydrogen-bond donors (Lipinski definition) is 0. The highest BCUT2D eigenvalue weighted by Crippen LogP contribution is 2.22. The summed E-state index contributed by atoms with van der Waals surface area (Å²) in [5.41, 5.74) is 1.53. The van der Waals surface area contributed by atoms with E-state index in [-0.39, 0.29) is 35.6 Å². The summed E-state index contributed by atoms with van der Waals surface area (Å²) in [6, 6.07) is 15.2. The molecule has 3 aromatic rings. The van der Waals surface area contributed by atoms with Crippen molar-refractivity contribution in [3.8, 4) is 0 Å². The van der Waals surface area contributed by atoms with Crippen molar-refractivity contribution in [3.05, 3.63) is 96.1 Å². The van der Waals surface area contributed by atoms with E-state index in [0.29, 0.717) is 12.2 Å². The van der Waals surface area contributed by atoms with E-state index in [0.717, 1.165) is 5.56 Å². The fraction of sp³-hybridized carbons (Fsp3) is 0.280. The Morgan fingerprint density at radius 1 is 1.15 bits per heavy atom. The monoisotopic (exact) mass is 469 g/mol. The average molecular weight is 470 g/mol. The number of imidazole rings is 1. The van der Waals surface area contributed by atoms with Crippen LogP contribution >= 0.6 is 0 Å². The zero-order valence-corrected chi connectivity index (χ0v) is 19.6. The van der Waals surface area contributed by atoms with Crippen molar-refractivity contribution in [2.24, 2.45) is 5.92 Å². The molecule has 0 bridgehead atoms. The van der Waals surface area contributed by atoms with Crippen molar-refractivity contribution in [3.63, 3.8) is 0 Å². The molecule has 0 aliphatic carbocycles. The second-order valence-corrected chi connectivity index (χ2v) is 10.00. The number of carbonyl (C=O) groups is 1. The van der Waals surface area contributed by atoms with E-state index >= 15 is 0 Å². The number of nitrogens with zero attached hydrogens (tertiary/aromatic N) is 3. The lowest BCUT2D eigenvalue weighted by molar-refractivity contribution is -0.134. The molecule has 8 heteroatoms. The van der Waals surface area contributed by atoms with Crippen LogP contribution in [-0.4, -0.2) is 35.3 Å². The van der Waals surface area contributed by atoms with Gasteiger partial charge in [0.15, 0.2) is 0 Å². The lowest BCUT2D eigenvalue weighted by Gasteiger charge is -2.24. The van der Waals surface area contributed by atoms with Crippen LogP contribution in [0.3, 0.4) is 0 Å². The Bertz CT molecular complexity index is 1220. The molecule has 0 aliphatic heterocycles. The van der Waals surface area contributed by atoms with E-state index in [9.17, 15) is 17.6 Å². The van der Waals surface area contributed by atoms with Crippen molar-refractivity contribution in [2.45, 2.75) is 37.8 Å². The van der Waals surface area contributed by atoms with Gasteiger partial charge in [-0.05, 0) is 11.6 Å². The molecule has 3 rings (SSSR count). The molecule has 0 spiro atoms.